The zero-order valence-corrected chi connectivity index (χ0v) is 14.5. The second kappa shape index (κ2) is 7.87. The maximum Gasteiger partial charge on any atom is 0.404 e. The first-order valence-corrected chi connectivity index (χ1v) is 8.45. The Morgan fingerprint density at radius 3 is 2.88 bits per heavy atom. The van der Waals surface area contributed by atoms with Crippen molar-refractivity contribution in [2.24, 2.45) is 0 Å². The van der Waals surface area contributed by atoms with Crippen molar-refractivity contribution in [2.75, 3.05) is 30.9 Å². The first kappa shape index (κ1) is 17.7. The number of carboxylic acid groups (broad SMARTS) is 1. The van der Waals surface area contributed by atoms with Gasteiger partial charge in [-0.15, -0.1) is 0 Å². The fourth-order valence-corrected chi connectivity index (χ4v) is 2.78. The minimum Gasteiger partial charge on any atom is -0.465 e. The van der Waals surface area contributed by atoms with E-state index in [0.29, 0.717) is 49.9 Å². The van der Waals surface area contributed by atoms with Crippen molar-refractivity contribution in [1.82, 2.24) is 20.0 Å². The Bertz CT molecular complexity index is 924. The third-order valence-corrected chi connectivity index (χ3v) is 3.92. The third-order valence-electron chi connectivity index (χ3n) is 3.92. The number of pyridine rings is 1. The Morgan fingerprint density at radius 2 is 2.12 bits per heavy atom. The van der Waals surface area contributed by atoms with E-state index >= 15 is 0 Å². The van der Waals surface area contributed by atoms with E-state index < -0.39 is 6.09 Å². The molecule has 0 unspecified atom stereocenters. The number of amides is 1. The molecule has 1 aromatic carbocycles. The molecule has 2 aromatic heterocycles. The molecule has 138 valence electrons. The molecule has 0 aliphatic rings. The smallest absolute Gasteiger partial charge is 0.404 e. The molecule has 2 heterocycles. The number of fused-ring (bicyclic) bond motifs is 3. The molecule has 0 bridgehead atoms. The van der Waals surface area contributed by atoms with Gasteiger partial charge in [0.15, 0.2) is 11.6 Å². The lowest BCUT2D eigenvalue weighted by atomic mass is 10.2. The van der Waals surface area contributed by atoms with Crippen LogP contribution in [0.2, 0.25) is 0 Å². The van der Waals surface area contributed by atoms with E-state index in [1.807, 2.05) is 35.9 Å². The van der Waals surface area contributed by atoms with Crippen molar-refractivity contribution in [3.05, 3.63) is 30.1 Å². The highest BCUT2D eigenvalue weighted by atomic mass is 16.5. The molecule has 1 amide bonds. The van der Waals surface area contributed by atoms with E-state index in [0.717, 1.165) is 16.4 Å². The van der Waals surface area contributed by atoms with Crippen LogP contribution in [0.1, 0.15) is 19.2 Å². The Hall–Kier alpha value is -3.07. The number of aromatic nitrogens is 3. The molecular formula is C17H22N6O3. The maximum atomic E-state index is 10.5. The highest BCUT2D eigenvalue weighted by molar-refractivity contribution is 6.06. The van der Waals surface area contributed by atoms with Gasteiger partial charge in [-0.05, 0) is 19.4 Å². The summed E-state index contributed by atoms with van der Waals surface area (Å²) in [4.78, 5) is 19.6. The van der Waals surface area contributed by atoms with Crippen LogP contribution in [0.3, 0.4) is 0 Å². The lowest BCUT2D eigenvalue weighted by Crippen LogP contribution is -2.26. The molecular weight excluding hydrogens is 336 g/mol. The van der Waals surface area contributed by atoms with Crippen molar-refractivity contribution in [3.63, 3.8) is 0 Å². The zero-order valence-electron chi connectivity index (χ0n) is 14.5. The van der Waals surface area contributed by atoms with Gasteiger partial charge in [0.25, 0.3) is 0 Å². The van der Waals surface area contributed by atoms with Crippen molar-refractivity contribution in [3.8, 4) is 0 Å². The lowest BCUT2D eigenvalue weighted by molar-refractivity contribution is 0.127. The van der Waals surface area contributed by atoms with Gasteiger partial charge in [0.05, 0.1) is 5.52 Å². The topological polar surface area (TPSA) is 127 Å². The van der Waals surface area contributed by atoms with Crippen LogP contribution < -0.4 is 16.5 Å². The van der Waals surface area contributed by atoms with Crippen LogP contribution in [0, 0.1) is 0 Å². The standard InChI is InChI=1S/C17H22N6O3/c1-2-26-10-13-22-14-15(23(13)20-9-5-8-19-17(24)25)11-6-3-4-7-12(11)21-16(14)18/h3-4,6-7,19-20H,2,5,8-10H2,1H3,(H2,18,21)(H,24,25). The quantitative estimate of drug-likeness (QED) is 0.453. The van der Waals surface area contributed by atoms with Crippen LogP contribution in [0.5, 0.6) is 0 Å². The molecule has 0 aliphatic carbocycles. The third kappa shape index (κ3) is 3.62. The number of nitrogens with zero attached hydrogens (tertiary/aromatic N) is 3. The van der Waals surface area contributed by atoms with Crippen molar-refractivity contribution in [2.45, 2.75) is 20.0 Å². The van der Waals surface area contributed by atoms with E-state index in [2.05, 4.69) is 20.7 Å². The SMILES string of the molecule is CCOCc1nc2c(N)nc3ccccc3c2n1NCCCNC(=O)O. The molecule has 0 radical (unpaired) electrons. The Balaban J connectivity index is 1.97. The largest absolute Gasteiger partial charge is 0.465 e. The number of ether oxygens (including phenoxy) is 1. The number of benzene rings is 1. The molecule has 26 heavy (non-hydrogen) atoms. The number of nitrogens with two attached hydrogens (primary N) is 1. The van der Waals surface area contributed by atoms with Crippen LogP contribution >= 0.6 is 0 Å². The van der Waals surface area contributed by atoms with Crippen LogP contribution in [0.15, 0.2) is 24.3 Å². The number of hydrogen-bond acceptors (Lipinski definition) is 6. The molecule has 3 aromatic rings. The van der Waals surface area contributed by atoms with Gasteiger partial charge in [-0.2, -0.15) is 0 Å². The summed E-state index contributed by atoms with van der Waals surface area (Å²) in [6, 6.07) is 7.73. The molecule has 5 N–H and O–H groups in total. The Labute approximate surface area is 150 Å². The van der Waals surface area contributed by atoms with E-state index in [1.54, 1.807) is 0 Å². The van der Waals surface area contributed by atoms with E-state index in [1.165, 1.54) is 0 Å². The Morgan fingerprint density at radius 1 is 1.31 bits per heavy atom. The van der Waals surface area contributed by atoms with E-state index in [-0.39, 0.29) is 0 Å². The summed E-state index contributed by atoms with van der Waals surface area (Å²) in [7, 11) is 0. The van der Waals surface area contributed by atoms with Gasteiger partial charge in [-0.1, -0.05) is 18.2 Å². The summed E-state index contributed by atoms with van der Waals surface area (Å²) >= 11 is 0. The van der Waals surface area contributed by atoms with E-state index in [9.17, 15) is 4.79 Å². The maximum absolute atomic E-state index is 10.5. The molecule has 3 rings (SSSR count). The number of nitrogen functional groups attached to an aromatic ring is 1. The van der Waals surface area contributed by atoms with Gasteiger partial charge >= 0.3 is 6.09 Å². The predicted octanol–water partition coefficient (Wildman–Crippen LogP) is 1.90. The lowest BCUT2D eigenvalue weighted by Gasteiger charge is -2.13. The van der Waals surface area contributed by atoms with Crippen molar-refractivity contribution < 1.29 is 14.6 Å². The second-order valence-electron chi connectivity index (χ2n) is 5.71. The van der Waals surface area contributed by atoms with Crippen molar-refractivity contribution in [1.29, 1.82) is 0 Å². The number of carbonyl (C=O) groups is 1. The Kier molecular flexibility index (Phi) is 5.37. The van der Waals surface area contributed by atoms with Crippen LogP contribution in [-0.4, -0.2) is 45.5 Å². The summed E-state index contributed by atoms with van der Waals surface area (Å²) in [6.07, 6.45) is -0.404. The molecule has 0 aliphatic heterocycles. The molecule has 0 atom stereocenters. The number of nitrogens with one attached hydrogen (secondary N) is 2. The van der Waals surface area contributed by atoms with Gasteiger partial charge in [0.1, 0.15) is 17.6 Å². The van der Waals surface area contributed by atoms with Gasteiger partial charge in [-0.3, -0.25) is 0 Å². The number of anilines is 1. The summed E-state index contributed by atoms with van der Waals surface area (Å²) in [5.41, 5.74) is 11.7. The average molecular weight is 358 g/mol. The summed E-state index contributed by atoms with van der Waals surface area (Å²) in [5, 5.41) is 11.9. The highest BCUT2D eigenvalue weighted by Gasteiger charge is 2.17. The summed E-state index contributed by atoms with van der Waals surface area (Å²) < 4.78 is 7.39. The van der Waals surface area contributed by atoms with Gasteiger partial charge in [0.2, 0.25) is 0 Å². The van der Waals surface area contributed by atoms with Gasteiger partial charge in [-0.25, -0.2) is 19.4 Å². The van der Waals surface area contributed by atoms with Crippen molar-refractivity contribution >= 4 is 33.8 Å². The fraction of sp³-hybridized carbons (Fsp3) is 0.353. The minimum atomic E-state index is -1.03. The van der Waals surface area contributed by atoms with Crippen LogP contribution in [0.4, 0.5) is 10.6 Å². The normalized spacial score (nSPS) is 11.1. The zero-order chi connectivity index (χ0) is 18.5. The molecule has 0 spiro atoms. The minimum absolute atomic E-state index is 0.333. The first-order valence-electron chi connectivity index (χ1n) is 8.45. The van der Waals surface area contributed by atoms with Crippen LogP contribution in [0.25, 0.3) is 21.9 Å². The number of para-hydroxylation sites is 1. The van der Waals surface area contributed by atoms with E-state index in [4.69, 9.17) is 15.6 Å². The van der Waals surface area contributed by atoms with Gasteiger partial charge < -0.3 is 26.3 Å². The molecule has 0 fully saturated rings. The molecule has 0 saturated heterocycles. The summed E-state index contributed by atoms with van der Waals surface area (Å²) in [6.45, 7) is 3.74. The fourth-order valence-electron chi connectivity index (χ4n) is 2.78. The molecule has 9 nitrogen and oxygen atoms in total. The number of hydrogen-bond donors (Lipinski definition) is 4. The predicted molar refractivity (Wildman–Crippen MR) is 99.6 cm³/mol. The average Bonchev–Trinajstić information content (AvgIpc) is 2.99. The van der Waals surface area contributed by atoms with Gasteiger partial charge in [0, 0.05) is 25.1 Å². The number of imidazole rings is 1. The monoisotopic (exact) mass is 358 g/mol. The molecule has 0 saturated carbocycles. The molecule has 9 heteroatoms. The second-order valence-corrected chi connectivity index (χ2v) is 5.71. The highest BCUT2D eigenvalue weighted by Crippen LogP contribution is 2.28. The first-order chi connectivity index (χ1) is 12.6. The summed E-state index contributed by atoms with van der Waals surface area (Å²) in [5.74, 6) is 1.06. The van der Waals surface area contributed by atoms with Crippen LogP contribution in [-0.2, 0) is 11.3 Å². The number of rotatable bonds is 8.